The number of ether oxygens (including phenoxy) is 1. The molecule has 6 nitrogen and oxygen atoms in total. The zero-order valence-electron chi connectivity index (χ0n) is 11.5. The summed E-state index contributed by atoms with van der Waals surface area (Å²) in [4.78, 5) is 4.20. The Morgan fingerprint density at radius 3 is 2.53 bits per heavy atom. The number of hydrogen-bond acceptors (Lipinski definition) is 5. The van der Waals surface area contributed by atoms with Gasteiger partial charge >= 0.3 is 0 Å². The highest BCUT2D eigenvalue weighted by atomic mass is 32.2. The number of hydrogen-bond donors (Lipinski definition) is 1. The Balaban J connectivity index is 3.04. The molecule has 0 aliphatic carbocycles. The van der Waals surface area contributed by atoms with E-state index in [0.717, 1.165) is 0 Å². The molecule has 0 aliphatic rings. The summed E-state index contributed by atoms with van der Waals surface area (Å²) in [6.07, 6.45) is 1.35. The first-order valence-electron chi connectivity index (χ1n) is 6.09. The van der Waals surface area contributed by atoms with Gasteiger partial charge in [0.05, 0.1) is 12.3 Å². The molecule has 0 atom stereocenters. The summed E-state index contributed by atoms with van der Waals surface area (Å²) in [6.45, 7) is 4.61. The minimum atomic E-state index is -3.55. The first-order valence-corrected chi connectivity index (χ1v) is 7.53. The molecule has 0 aliphatic heterocycles. The van der Waals surface area contributed by atoms with E-state index in [0.29, 0.717) is 18.8 Å². The van der Waals surface area contributed by atoms with Crippen LogP contribution in [0, 0.1) is 0 Å². The summed E-state index contributed by atoms with van der Waals surface area (Å²) in [5, 5.41) is 0. The smallest absolute Gasteiger partial charge is 0.244 e. The number of rotatable bonds is 7. The van der Waals surface area contributed by atoms with Gasteiger partial charge in [0.1, 0.15) is 4.90 Å². The van der Waals surface area contributed by atoms with E-state index in [-0.39, 0.29) is 17.5 Å². The molecule has 0 radical (unpaired) electrons. The molecule has 0 unspecified atom stereocenters. The third kappa shape index (κ3) is 3.97. The van der Waals surface area contributed by atoms with E-state index in [4.69, 9.17) is 10.5 Å². The highest BCUT2D eigenvalue weighted by Gasteiger charge is 2.26. The molecular weight excluding hydrogens is 266 g/mol. The van der Waals surface area contributed by atoms with E-state index < -0.39 is 10.0 Å². The topological polar surface area (TPSA) is 85.5 Å². The standard InChI is InChI=1S/C12H21N3O3S/c1-10(2)15(6-7-18-3)19(16,17)12-5-4-11(8-13)14-9-12/h4-5,9-10H,6-8,13H2,1-3H3. The lowest BCUT2D eigenvalue weighted by Crippen LogP contribution is -2.39. The highest BCUT2D eigenvalue weighted by molar-refractivity contribution is 7.89. The van der Waals surface area contributed by atoms with Gasteiger partial charge in [-0.2, -0.15) is 4.31 Å². The molecule has 7 heteroatoms. The van der Waals surface area contributed by atoms with Crippen LogP contribution in [0.25, 0.3) is 0 Å². The fraction of sp³-hybridized carbons (Fsp3) is 0.583. The van der Waals surface area contributed by atoms with Crippen molar-refractivity contribution in [2.75, 3.05) is 20.3 Å². The van der Waals surface area contributed by atoms with Gasteiger partial charge in [-0.15, -0.1) is 0 Å². The highest BCUT2D eigenvalue weighted by Crippen LogP contribution is 2.17. The zero-order chi connectivity index (χ0) is 14.5. The lowest BCUT2D eigenvalue weighted by molar-refractivity contribution is 0.171. The Labute approximate surface area is 114 Å². The average Bonchev–Trinajstić information content (AvgIpc) is 2.38. The van der Waals surface area contributed by atoms with Crippen molar-refractivity contribution in [3.05, 3.63) is 24.0 Å². The number of nitrogens with zero attached hydrogens (tertiary/aromatic N) is 2. The molecule has 0 saturated carbocycles. The molecule has 1 aromatic heterocycles. The molecule has 1 rings (SSSR count). The van der Waals surface area contributed by atoms with Gasteiger partial charge in [-0.3, -0.25) is 4.98 Å². The molecule has 0 saturated heterocycles. The van der Waals surface area contributed by atoms with Crippen LogP contribution in [0.4, 0.5) is 0 Å². The largest absolute Gasteiger partial charge is 0.383 e. The second-order valence-corrected chi connectivity index (χ2v) is 6.28. The zero-order valence-corrected chi connectivity index (χ0v) is 12.4. The van der Waals surface area contributed by atoms with Crippen LogP contribution in [0.3, 0.4) is 0 Å². The van der Waals surface area contributed by atoms with Crippen molar-refractivity contribution in [1.29, 1.82) is 0 Å². The lowest BCUT2D eigenvalue weighted by atomic mass is 10.4. The molecule has 1 aromatic rings. The maximum atomic E-state index is 12.5. The Kier molecular flexibility index (Phi) is 5.86. The molecule has 0 fully saturated rings. The van der Waals surface area contributed by atoms with Crippen molar-refractivity contribution in [1.82, 2.24) is 9.29 Å². The molecule has 0 aromatic carbocycles. The van der Waals surface area contributed by atoms with Crippen molar-refractivity contribution in [3.63, 3.8) is 0 Å². The number of sulfonamides is 1. The van der Waals surface area contributed by atoms with Gasteiger partial charge in [0.2, 0.25) is 10.0 Å². The first kappa shape index (κ1) is 16.0. The summed E-state index contributed by atoms with van der Waals surface area (Å²) >= 11 is 0. The van der Waals surface area contributed by atoms with E-state index in [1.807, 2.05) is 13.8 Å². The second-order valence-electron chi connectivity index (χ2n) is 4.39. The van der Waals surface area contributed by atoms with E-state index in [2.05, 4.69) is 4.98 Å². The minimum Gasteiger partial charge on any atom is -0.383 e. The van der Waals surface area contributed by atoms with Crippen molar-refractivity contribution in [2.24, 2.45) is 5.73 Å². The predicted molar refractivity (Wildman–Crippen MR) is 73.0 cm³/mol. The van der Waals surface area contributed by atoms with Gasteiger partial charge in [-0.25, -0.2) is 8.42 Å². The SMILES string of the molecule is COCCN(C(C)C)S(=O)(=O)c1ccc(CN)nc1. The van der Waals surface area contributed by atoms with Gasteiger partial charge in [0.15, 0.2) is 0 Å². The van der Waals surface area contributed by atoms with E-state index in [1.54, 1.807) is 13.2 Å². The molecule has 0 spiro atoms. The van der Waals surface area contributed by atoms with Gasteiger partial charge < -0.3 is 10.5 Å². The molecule has 0 amide bonds. The summed E-state index contributed by atoms with van der Waals surface area (Å²) in [6, 6.07) is 3.02. The minimum absolute atomic E-state index is 0.144. The van der Waals surface area contributed by atoms with Crippen molar-refractivity contribution in [3.8, 4) is 0 Å². The summed E-state index contributed by atoms with van der Waals surface area (Å²) in [5.74, 6) is 0. The molecule has 19 heavy (non-hydrogen) atoms. The predicted octanol–water partition coefficient (Wildman–Crippen LogP) is 0.586. The van der Waals surface area contributed by atoms with Crippen LogP contribution >= 0.6 is 0 Å². The van der Waals surface area contributed by atoms with E-state index in [1.165, 1.54) is 16.6 Å². The molecule has 2 N–H and O–H groups in total. The number of pyridine rings is 1. The van der Waals surface area contributed by atoms with Crippen LogP contribution in [0.1, 0.15) is 19.5 Å². The Morgan fingerprint density at radius 2 is 2.11 bits per heavy atom. The summed E-state index contributed by atoms with van der Waals surface area (Å²) in [7, 11) is -2.00. The Morgan fingerprint density at radius 1 is 1.42 bits per heavy atom. The van der Waals surface area contributed by atoms with Crippen LogP contribution in [0.15, 0.2) is 23.2 Å². The number of nitrogens with two attached hydrogens (primary N) is 1. The fourth-order valence-corrected chi connectivity index (χ4v) is 3.22. The second kappa shape index (κ2) is 6.95. The first-order chi connectivity index (χ1) is 8.93. The maximum absolute atomic E-state index is 12.5. The molecule has 108 valence electrons. The van der Waals surface area contributed by atoms with Crippen LogP contribution < -0.4 is 5.73 Å². The van der Waals surface area contributed by atoms with Crippen molar-refractivity contribution >= 4 is 10.0 Å². The van der Waals surface area contributed by atoms with Gasteiger partial charge in [-0.1, -0.05) is 0 Å². The summed E-state index contributed by atoms with van der Waals surface area (Å²) < 4.78 is 31.3. The normalized spacial score (nSPS) is 12.3. The number of methoxy groups -OCH3 is 1. The number of aromatic nitrogens is 1. The third-order valence-corrected chi connectivity index (χ3v) is 4.76. The van der Waals surface area contributed by atoms with Gasteiger partial charge in [0, 0.05) is 32.4 Å². The van der Waals surface area contributed by atoms with E-state index in [9.17, 15) is 8.42 Å². The fourth-order valence-electron chi connectivity index (χ4n) is 1.66. The van der Waals surface area contributed by atoms with Gasteiger partial charge in [0.25, 0.3) is 0 Å². The van der Waals surface area contributed by atoms with Crippen LogP contribution in [0.2, 0.25) is 0 Å². The monoisotopic (exact) mass is 287 g/mol. The summed E-state index contributed by atoms with van der Waals surface area (Å²) in [5.41, 5.74) is 6.10. The third-order valence-electron chi connectivity index (χ3n) is 2.71. The quantitative estimate of drug-likeness (QED) is 0.793. The molecule has 1 heterocycles. The lowest BCUT2D eigenvalue weighted by Gasteiger charge is -2.25. The maximum Gasteiger partial charge on any atom is 0.244 e. The van der Waals surface area contributed by atoms with Crippen LogP contribution in [-0.4, -0.2) is 44.0 Å². The van der Waals surface area contributed by atoms with E-state index >= 15 is 0 Å². The average molecular weight is 287 g/mol. The van der Waals surface area contributed by atoms with Crippen molar-refractivity contribution < 1.29 is 13.2 Å². The Hall–Kier alpha value is -1.02. The Bertz CT molecular complexity index is 485. The van der Waals surface area contributed by atoms with Crippen LogP contribution in [0.5, 0.6) is 0 Å². The van der Waals surface area contributed by atoms with Gasteiger partial charge in [-0.05, 0) is 26.0 Å². The molecular formula is C12H21N3O3S. The van der Waals surface area contributed by atoms with Crippen LogP contribution in [-0.2, 0) is 21.3 Å². The molecule has 0 bridgehead atoms. The van der Waals surface area contributed by atoms with Crippen molar-refractivity contribution in [2.45, 2.75) is 31.3 Å².